The van der Waals surface area contributed by atoms with E-state index in [2.05, 4.69) is 5.32 Å². The van der Waals surface area contributed by atoms with Crippen LogP contribution in [-0.4, -0.2) is 60.1 Å². The summed E-state index contributed by atoms with van der Waals surface area (Å²) >= 11 is 0. The second-order valence-corrected chi connectivity index (χ2v) is 8.25. The third kappa shape index (κ3) is 5.43. The molecule has 9 heteroatoms. The van der Waals surface area contributed by atoms with Gasteiger partial charge in [0.05, 0.1) is 12.3 Å². The minimum absolute atomic E-state index is 0.0121. The highest BCUT2D eigenvalue weighted by molar-refractivity contribution is 5.91. The van der Waals surface area contributed by atoms with Crippen molar-refractivity contribution < 1.29 is 24.1 Å². The van der Waals surface area contributed by atoms with Gasteiger partial charge >= 0.3 is 0 Å². The number of allylic oxidation sites excluding steroid dienone is 1. The van der Waals surface area contributed by atoms with Crippen molar-refractivity contribution in [3.8, 4) is 5.69 Å². The van der Waals surface area contributed by atoms with Crippen LogP contribution >= 0.6 is 0 Å². The van der Waals surface area contributed by atoms with E-state index in [1.807, 2.05) is 55.9 Å². The minimum atomic E-state index is -0.723. The molecule has 9 nitrogen and oxygen atoms in total. The van der Waals surface area contributed by atoms with Crippen LogP contribution in [0.1, 0.15) is 36.9 Å². The first-order valence-electron chi connectivity index (χ1n) is 11.7. The Morgan fingerprint density at radius 1 is 1.26 bits per heavy atom. The fourth-order valence-corrected chi connectivity index (χ4v) is 4.43. The van der Waals surface area contributed by atoms with E-state index in [1.165, 1.54) is 0 Å². The number of carbonyl (C=O) groups excluding carboxylic acids is 1. The number of aliphatic hydroxyl groups excluding tert-OH is 1. The topological polar surface area (TPSA) is 104 Å². The molecule has 0 bridgehead atoms. The van der Waals surface area contributed by atoms with Gasteiger partial charge in [-0.3, -0.25) is 14.3 Å². The summed E-state index contributed by atoms with van der Waals surface area (Å²) in [7, 11) is 3.41. The number of amides is 1. The van der Waals surface area contributed by atoms with Gasteiger partial charge in [-0.15, -0.1) is 0 Å². The van der Waals surface area contributed by atoms with Crippen molar-refractivity contribution >= 4 is 5.91 Å². The van der Waals surface area contributed by atoms with E-state index in [0.717, 1.165) is 11.4 Å². The summed E-state index contributed by atoms with van der Waals surface area (Å²) in [4.78, 5) is 26.6. The summed E-state index contributed by atoms with van der Waals surface area (Å²) in [6, 6.07) is 9.43. The first kappa shape index (κ1) is 25.7. The number of nitrogens with zero attached hydrogens (tertiary/aromatic N) is 2. The van der Waals surface area contributed by atoms with Crippen molar-refractivity contribution in [1.82, 2.24) is 14.7 Å². The summed E-state index contributed by atoms with van der Waals surface area (Å²) in [6.45, 7) is 4.85. The molecule has 0 aliphatic carbocycles. The van der Waals surface area contributed by atoms with Crippen molar-refractivity contribution in [3.05, 3.63) is 63.8 Å². The van der Waals surface area contributed by atoms with Crippen molar-refractivity contribution in [2.75, 3.05) is 33.5 Å². The second kappa shape index (κ2) is 12.0. The van der Waals surface area contributed by atoms with Gasteiger partial charge in [0.15, 0.2) is 5.76 Å². The molecule has 1 aliphatic rings. The van der Waals surface area contributed by atoms with Gasteiger partial charge in [-0.05, 0) is 44.9 Å². The summed E-state index contributed by atoms with van der Waals surface area (Å²) < 4.78 is 20.3. The van der Waals surface area contributed by atoms with Gasteiger partial charge in [0, 0.05) is 57.0 Å². The number of hydrogen-bond acceptors (Lipinski definition) is 6. The Bertz CT molecular complexity index is 1040. The van der Waals surface area contributed by atoms with Crippen molar-refractivity contribution in [2.24, 2.45) is 13.0 Å². The number of hydrogen-bond donors (Lipinski definition) is 2. The first-order valence-corrected chi connectivity index (χ1v) is 11.7. The van der Waals surface area contributed by atoms with Crippen LogP contribution in [0.25, 0.3) is 5.69 Å². The second-order valence-electron chi connectivity index (χ2n) is 8.25. The molecule has 3 rings (SSSR count). The van der Waals surface area contributed by atoms with Gasteiger partial charge < -0.3 is 24.6 Å². The van der Waals surface area contributed by atoms with Crippen LogP contribution < -0.4 is 10.9 Å². The molecule has 1 aliphatic heterocycles. The normalized spacial score (nSPS) is 20.0. The number of aliphatic hydroxyl groups is 1. The lowest BCUT2D eigenvalue weighted by molar-refractivity contribution is -0.166. The lowest BCUT2D eigenvalue weighted by atomic mass is 9.80. The maximum absolute atomic E-state index is 13.7. The number of benzene rings is 1. The van der Waals surface area contributed by atoms with Crippen LogP contribution in [-0.2, 0) is 26.1 Å². The smallest absolute Gasteiger partial charge is 0.286 e. The number of nitrogens with one attached hydrogen (secondary N) is 1. The molecular formula is C25H35N3O6. The zero-order valence-corrected chi connectivity index (χ0v) is 20.3. The summed E-state index contributed by atoms with van der Waals surface area (Å²) in [6.07, 6.45) is 2.09. The van der Waals surface area contributed by atoms with Crippen molar-refractivity contribution in [1.29, 1.82) is 0 Å². The van der Waals surface area contributed by atoms with Crippen molar-refractivity contribution in [3.63, 3.8) is 0 Å². The third-order valence-corrected chi connectivity index (χ3v) is 6.16. The highest BCUT2D eigenvalue weighted by Gasteiger charge is 2.40. The molecule has 1 aromatic carbocycles. The third-order valence-electron chi connectivity index (χ3n) is 6.16. The van der Waals surface area contributed by atoms with Crippen LogP contribution in [0.4, 0.5) is 0 Å². The maximum Gasteiger partial charge on any atom is 0.286 e. The Morgan fingerprint density at radius 3 is 2.65 bits per heavy atom. The Labute approximate surface area is 199 Å². The van der Waals surface area contributed by atoms with Crippen LogP contribution in [0.2, 0.25) is 0 Å². The Balaban J connectivity index is 2.11. The summed E-state index contributed by atoms with van der Waals surface area (Å²) in [5.74, 6) is -0.942. The molecule has 0 saturated carbocycles. The summed E-state index contributed by atoms with van der Waals surface area (Å²) in [5, 5.41) is 12.3. The van der Waals surface area contributed by atoms with E-state index in [0.29, 0.717) is 38.2 Å². The van der Waals surface area contributed by atoms with Crippen molar-refractivity contribution in [2.45, 2.75) is 38.9 Å². The lowest BCUT2D eigenvalue weighted by Gasteiger charge is -2.36. The Hall–Kier alpha value is -2.88. The molecule has 1 aromatic heterocycles. The monoisotopic (exact) mass is 473 g/mol. The predicted molar refractivity (Wildman–Crippen MR) is 128 cm³/mol. The average Bonchev–Trinajstić information content (AvgIpc) is 3.06. The fourth-order valence-electron chi connectivity index (χ4n) is 4.43. The predicted octanol–water partition coefficient (Wildman–Crippen LogP) is 2.00. The fraction of sp³-hybridized carbons (Fsp3) is 0.520. The molecule has 1 amide bonds. The minimum Gasteiger partial charge on any atom is -0.459 e. The zero-order valence-electron chi connectivity index (χ0n) is 20.3. The van der Waals surface area contributed by atoms with E-state index in [-0.39, 0.29) is 29.8 Å². The summed E-state index contributed by atoms with van der Waals surface area (Å²) in [5.41, 5.74) is 1.98. The largest absolute Gasteiger partial charge is 0.459 e. The van der Waals surface area contributed by atoms with Gasteiger partial charge in [-0.25, -0.2) is 4.68 Å². The van der Waals surface area contributed by atoms with E-state index in [4.69, 9.17) is 14.2 Å². The van der Waals surface area contributed by atoms with E-state index >= 15 is 0 Å². The molecule has 3 atom stereocenters. The van der Waals surface area contributed by atoms with Crippen LogP contribution in [0.3, 0.4) is 0 Å². The molecular weight excluding hydrogens is 438 g/mol. The van der Waals surface area contributed by atoms with Gasteiger partial charge in [-0.2, -0.15) is 0 Å². The van der Waals surface area contributed by atoms with E-state index < -0.39 is 12.2 Å². The van der Waals surface area contributed by atoms with Gasteiger partial charge in [0.1, 0.15) is 0 Å². The highest BCUT2D eigenvalue weighted by atomic mass is 16.7. The maximum atomic E-state index is 13.7. The molecule has 34 heavy (non-hydrogen) atoms. The zero-order chi connectivity index (χ0) is 24.7. The molecule has 2 N–H and O–H groups in total. The van der Waals surface area contributed by atoms with Crippen LogP contribution in [0, 0.1) is 12.8 Å². The Kier molecular flexibility index (Phi) is 9.09. The molecule has 2 heterocycles. The lowest BCUT2D eigenvalue weighted by Crippen LogP contribution is -2.40. The Morgan fingerprint density at radius 2 is 2.00 bits per heavy atom. The number of carbonyl (C=O) groups is 1. The number of ether oxygens (including phenoxy) is 3. The number of rotatable bonds is 11. The van der Waals surface area contributed by atoms with Gasteiger partial charge in [0.25, 0.3) is 11.5 Å². The first-order chi connectivity index (χ1) is 16.4. The average molecular weight is 474 g/mol. The van der Waals surface area contributed by atoms with E-state index in [1.54, 1.807) is 17.9 Å². The van der Waals surface area contributed by atoms with Gasteiger partial charge in [-0.1, -0.05) is 18.2 Å². The molecule has 0 saturated heterocycles. The highest BCUT2D eigenvalue weighted by Crippen LogP contribution is 2.39. The quantitative estimate of drug-likeness (QED) is 0.484. The molecule has 0 fully saturated rings. The number of aromatic nitrogens is 2. The molecule has 0 radical (unpaired) electrons. The van der Waals surface area contributed by atoms with Gasteiger partial charge in [0.2, 0.25) is 6.29 Å². The van der Waals surface area contributed by atoms with Crippen LogP contribution in [0.15, 0.2) is 47.0 Å². The SMILES string of the molecule is CCO[C@@H]1OC(C(=O)NCCOC)=C[C@H](c2c(C)n(C)n(-c3ccccc3)c2=O)[C@@H]1CCCO. The number of methoxy groups -OCH3 is 1. The molecule has 0 spiro atoms. The molecule has 186 valence electrons. The standard InChI is InChI=1S/C25H35N3O6/c1-5-33-25-19(12-9-14-29)20(16-21(34-25)23(30)26-13-15-32-4)22-17(2)27(3)28(24(22)31)18-10-7-6-8-11-18/h6-8,10-11,16,19-20,25,29H,5,9,12-15H2,1-4H3,(H,26,30)/t19-,20-,25+/m0/s1. The van der Waals surface area contributed by atoms with E-state index in [9.17, 15) is 14.7 Å². The van der Waals surface area contributed by atoms with Crippen LogP contribution in [0.5, 0.6) is 0 Å². The molecule has 2 aromatic rings. The molecule has 0 unspecified atom stereocenters. The number of para-hydroxylation sites is 1.